The lowest BCUT2D eigenvalue weighted by Crippen LogP contribution is -2.47. The number of aryl methyl sites for hydroxylation is 1. The van der Waals surface area contributed by atoms with Crippen LogP contribution in [0.3, 0.4) is 0 Å². The van der Waals surface area contributed by atoms with Crippen LogP contribution in [0.15, 0.2) is 36.7 Å². The second-order valence-electron chi connectivity index (χ2n) is 9.91. The van der Waals surface area contributed by atoms with E-state index in [0.29, 0.717) is 25.5 Å². The number of fused-ring (bicyclic) bond motifs is 1. The minimum atomic E-state index is -0.887. The number of benzene rings is 1. The van der Waals surface area contributed by atoms with Crippen LogP contribution >= 0.6 is 0 Å². The molecule has 2 aliphatic heterocycles. The second-order valence-corrected chi connectivity index (χ2v) is 9.91. The molecule has 4 rings (SSSR count). The minimum Gasteiger partial charge on any atom is -0.465 e. The number of nitrogens with zero attached hydrogens (tertiary/aromatic N) is 4. The van der Waals surface area contributed by atoms with Crippen molar-refractivity contribution in [2.75, 3.05) is 18.0 Å². The summed E-state index contributed by atoms with van der Waals surface area (Å²) in [6.07, 6.45) is 3.17. The Bertz CT molecular complexity index is 1020. The molecule has 170 valence electrons. The number of amides is 2. The van der Waals surface area contributed by atoms with Crippen molar-refractivity contribution >= 4 is 17.8 Å². The van der Waals surface area contributed by atoms with E-state index in [-0.39, 0.29) is 35.0 Å². The van der Waals surface area contributed by atoms with Crippen LogP contribution in [-0.4, -0.2) is 57.1 Å². The van der Waals surface area contributed by atoms with Crippen LogP contribution < -0.4 is 10.2 Å². The zero-order chi connectivity index (χ0) is 23.0. The number of carbonyl (C=O) groups is 2. The van der Waals surface area contributed by atoms with Gasteiger partial charge < -0.3 is 20.2 Å². The maximum atomic E-state index is 12.8. The van der Waals surface area contributed by atoms with Gasteiger partial charge in [0.25, 0.3) is 5.91 Å². The molecule has 0 saturated carbocycles. The van der Waals surface area contributed by atoms with Crippen molar-refractivity contribution < 1.29 is 14.7 Å². The summed E-state index contributed by atoms with van der Waals surface area (Å²) in [5.74, 6) is 0.605. The summed E-state index contributed by atoms with van der Waals surface area (Å²) in [4.78, 5) is 37.0. The fourth-order valence-electron chi connectivity index (χ4n) is 4.95. The van der Waals surface area contributed by atoms with E-state index in [1.54, 1.807) is 6.20 Å². The van der Waals surface area contributed by atoms with Crippen molar-refractivity contribution in [1.29, 1.82) is 0 Å². The number of aromatic nitrogens is 2. The zero-order valence-corrected chi connectivity index (χ0v) is 19.1. The topological polar surface area (TPSA) is 98.7 Å². The third kappa shape index (κ3) is 4.26. The zero-order valence-electron chi connectivity index (χ0n) is 19.1. The molecule has 1 aromatic heterocycles. The summed E-state index contributed by atoms with van der Waals surface area (Å²) in [5.41, 5.74) is 2.41. The van der Waals surface area contributed by atoms with Gasteiger partial charge in [-0.05, 0) is 29.9 Å². The van der Waals surface area contributed by atoms with Gasteiger partial charge in [0.1, 0.15) is 11.5 Å². The molecular weight excluding hydrogens is 406 g/mol. The molecule has 3 atom stereocenters. The average molecular weight is 438 g/mol. The smallest absolute Gasteiger partial charge is 0.407 e. The van der Waals surface area contributed by atoms with E-state index in [9.17, 15) is 14.7 Å². The Hall–Kier alpha value is -3.16. The van der Waals surface area contributed by atoms with Crippen molar-refractivity contribution in [3.63, 3.8) is 0 Å². The largest absolute Gasteiger partial charge is 0.465 e. The van der Waals surface area contributed by atoms with Gasteiger partial charge in [-0.25, -0.2) is 9.78 Å². The molecule has 1 unspecified atom stereocenters. The molecule has 0 aliphatic carbocycles. The van der Waals surface area contributed by atoms with E-state index < -0.39 is 6.09 Å². The van der Waals surface area contributed by atoms with Crippen molar-refractivity contribution in [3.05, 3.63) is 53.5 Å². The van der Waals surface area contributed by atoms with E-state index >= 15 is 0 Å². The molecule has 2 amide bonds. The van der Waals surface area contributed by atoms with Crippen molar-refractivity contribution in [2.24, 2.45) is 11.3 Å². The van der Waals surface area contributed by atoms with Crippen LogP contribution in [-0.2, 0) is 6.54 Å². The fourth-order valence-corrected chi connectivity index (χ4v) is 4.95. The Balaban J connectivity index is 1.56. The van der Waals surface area contributed by atoms with Gasteiger partial charge in [0.2, 0.25) is 0 Å². The third-order valence-electron chi connectivity index (χ3n) is 6.72. The second kappa shape index (κ2) is 8.41. The summed E-state index contributed by atoms with van der Waals surface area (Å²) in [5, 5.41) is 12.4. The number of rotatable bonds is 4. The van der Waals surface area contributed by atoms with Crippen molar-refractivity contribution in [2.45, 2.75) is 52.7 Å². The van der Waals surface area contributed by atoms with Crippen LogP contribution in [0.1, 0.15) is 48.8 Å². The highest BCUT2D eigenvalue weighted by atomic mass is 16.4. The van der Waals surface area contributed by atoms with Gasteiger partial charge in [0.15, 0.2) is 0 Å². The maximum absolute atomic E-state index is 12.8. The standard InChI is InChI=1S/C24H31N5O3/c1-15-7-5-6-8-16(15)10-26-22(30)18-11-25-12-21(27-18)29-19-14-28(23(31)32)13-17(19)9-20(29)24(2,3)4/h5-8,11-12,17,19-20H,9-10,13-14H2,1-4H3,(H,26,30)(H,31,32)/t17-,19+,20?/m1/s1. The van der Waals surface area contributed by atoms with Gasteiger partial charge in [0.05, 0.1) is 18.4 Å². The molecule has 2 aliphatic rings. The Morgan fingerprint density at radius 1 is 1.19 bits per heavy atom. The van der Waals surface area contributed by atoms with Crippen molar-refractivity contribution in [1.82, 2.24) is 20.2 Å². The molecule has 8 nitrogen and oxygen atoms in total. The first-order chi connectivity index (χ1) is 15.1. The highest BCUT2D eigenvalue weighted by Gasteiger charge is 2.51. The molecule has 2 saturated heterocycles. The predicted molar refractivity (Wildman–Crippen MR) is 122 cm³/mol. The van der Waals surface area contributed by atoms with Gasteiger partial charge in [-0.2, -0.15) is 0 Å². The number of nitrogens with one attached hydrogen (secondary N) is 1. The number of carboxylic acid groups (broad SMARTS) is 1. The Kier molecular flexibility index (Phi) is 5.79. The monoisotopic (exact) mass is 437 g/mol. The van der Waals surface area contributed by atoms with Gasteiger partial charge >= 0.3 is 6.09 Å². The lowest BCUT2D eigenvalue weighted by Gasteiger charge is -2.38. The molecule has 2 fully saturated rings. The van der Waals surface area contributed by atoms with Crippen LogP contribution in [0.4, 0.5) is 10.6 Å². The molecule has 0 spiro atoms. The van der Waals surface area contributed by atoms with Gasteiger partial charge in [-0.1, -0.05) is 45.0 Å². The predicted octanol–water partition coefficient (Wildman–Crippen LogP) is 3.32. The van der Waals surface area contributed by atoms with Gasteiger partial charge in [-0.3, -0.25) is 9.78 Å². The summed E-state index contributed by atoms with van der Waals surface area (Å²) in [6, 6.07) is 8.15. The lowest BCUT2D eigenvalue weighted by molar-refractivity contribution is 0.0945. The van der Waals surface area contributed by atoms with Crippen molar-refractivity contribution in [3.8, 4) is 0 Å². The minimum absolute atomic E-state index is 0.0246. The summed E-state index contributed by atoms with van der Waals surface area (Å²) in [7, 11) is 0. The molecule has 1 aromatic carbocycles. The highest BCUT2D eigenvalue weighted by molar-refractivity contribution is 5.92. The maximum Gasteiger partial charge on any atom is 0.407 e. The van der Waals surface area contributed by atoms with Gasteiger partial charge in [-0.15, -0.1) is 0 Å². The summed E-state index contributed by atoms with van der Waals surface area (Å²) < 4.78 is 0. The molecule has 0 radical (unpaired) electrons. The number of likely N-dealkylation sites (tertiary alicyclic amines) is 1. The third-order valence-corrected chi connectivity index (χ3v) is 6.72. The quantitative estimate of drug-likeness (QED) is 0.761. The van der Waals surface area contributed by atoms with E-state index in [2.05, 4.69) is 41.0 Å². The first-order valence-electron chi connectivity index (χ1n) is 11.1. The number of anilines is 1. The van der Waals surface area contributed by atoms with E-state index in [1.807, 2.05) is 31.2 Å². The fraction of sp³-hybridized carbons (Fsp3) is 0.500. The summed E-state index contributed by atoms with van der Waals surface area (Å²) >= 11 is 0. The Labute approximate surface area is 188 Å². The average Bonchev–Trinajstić information content (AvgIpc) is 3.31. The molecule has 0 bridgehead atoms. The molecule has 32 heavy (non-hydrogen) atoms. The summed E-state index contributed by atoms with van der Waals surface area (Å²) in [6.45, 7) is 9.97. The molecule has 8 heteroatoms. The van der Waals surface area contributed by atoms with Gasteiger partial charge in [0, 0.05) is 31.6 Å². The Morgan fingerprint density at radius 2 is 1.94 bits per heavy atom. The van der Waals surface area contributed by atoms with Crippen LogP contribution in [0, 0.1) is 18.3 Å². The Morgan fingerprint density at radius 3 is 2.62 bits per heavy atom. The first kappa shape index (κ1) is 22.0. The molecular formula is C24H31N5O3. The van der Waals surface area contributed by atoms with Crippen LogP contribution in [0.2, 0.25) is 0 Å². The number of hydrogen-bond acceptors (Lipinski definition) is 5. The number of hydrogen-bond donors (Lipinski definition) is 2. The van der Waals surface area contributed by atoms with Crippen LogP contribution in [0.25, 0.3) is 0 Å². The lowest BCUT2D eigenvalue weighted by atomic mass is 9.83. The van der Waals surface area contributed by atoms with E-state index in [0.717, 1.165) is 17.5 Å². The van der Waals surface area contributed by atoms with E-state index in [1.165, 1.54) is 11.1 Å². The normalized spacial score (nSPS) is 22.7. The molecule has 2 aromatic rings. The molecule has 3 heterocycles. The highest BCUT2D eigenvalue weighted by Crippen LogP contribution is 2.44. The molecule has 2 N–H and O–H groups in total. The van der Waals surface area contributed by atoms with E-state index in [4.69, 9.17) is 0 Å². The first-order valence-corrected chi connectivity index (χ1v) is 11.1. The van der Waals surface area contributed by atoms with Crippen LogP contribution in [0.5, 0.6) is 0 Å². The number of carbonyl (C=O) groups excluding carboxylic acids is 1. The SMILES string of the molecule is Cc1ccccc1CNC(=O)c1cncc(N2C(C(C)(C)C)C[C@@H]3CN(C(=O)O)C[C@@H]32)n1.